The molecule has 2 atom stereocenters. The molecule has 1 aromatic carbocycles. The van der Waals surface area contributed by atoms with Crippen LogP contribution in [0.4, 0.5) is 0 Å². The van der Waals surface area contributed by atoms with Gasteiger partial charge in [-0.3, -0.25) is 23.5 Å². The first-order chi connectivity index (χ1) is 13.5. The van der Waals surface area contributed by atoms with E-state index in [2.05, 4.69) is 15.1 Å². The Bertz CT molecular complexity index is 1160. The Morgan fingerprint density at radius 2 is 2.10 bits per heavy atom. The van der Waals surface area contributed by atoms with Crippen LogP contribution in [0, 0.1) is 11.3 Å². The van der Waals surface area contributed by atoms with Crippen LogP contribution in [0.15, 0.2) is 29.1 Å². The number of hydrogen-bond acceptors (Lipinski definition) is 5. The number of carbonyl (C=O) groups is 1. The van der Waals surface area contributed by atoms with Crippen LogP contribution in [0.2, 0.25) is 0 Å². The van der Waals surface area contributed by atoms with E-state index in [1.54, 1.807) is 4.57 Å². The molecule has 154 valence electrons. The Hall–Kier alpha value is -2.45. The smallest absolute Gasteiger partial charge is 0.311 e. The number of aromatic nitrogens is 4. The molecule has 0 bridgehead atoms. The van der Waals surface area contributed by atoms with Gasteiger partial charge in [0.15, 0.2) is 5.82 Å². The van der Waals surface area contributed by atoms with Gasteiger partial charge in [-0.2, -0.15) is 0 Å². The van der Waals surface area contributed by atoms with E-state index in [9.17, 15) is 14.7 Å². The number of fused-ring (bicyclic) bond motifs is 4. The van der Waals surface area contributed by atoms with Gasteiger partial charge >= 0.3 is 5.97 Å². The van der Waals surface area contributed by atoms with Crippen LogP contribution < -0.4 is 5.56 Å². The third-order valence-electron chi connectivity index (χ3n) is 6.62. The quantitative estimate of drug-likeness (QED) is 0.699. The second-order valence-electron chi connectivity index (χ2n) is 8.04. The van der Waals surface area contributed by atoms with Crippen molar-refractivity contribution < 1.29 is 9.90 Å². The zero-order valence-electron chi connectivity index (χ0n) is 16.2. The molecule has 1 saturated carbocycles. The molecule has 3 aromatic rings. The van der Waals surface area contributed by atoms with Gasteiger partial charge in [0.05, 0.1) is 22.9 Å². The molecule has 1 aliphatic carbocycles. The summed E-state index contributed by atoms with van der Waals surface area (Å²) in [5, 5.41) is 19.2. The first-order valence-electron chi connectivity index (χ1n) is 9.86. The molecule has 1 saturated heterocycles. The first-order valence-corrected chi connectivity index (χ1v) is 9.86. The average Bonchev–Trinajstić information content (AvgIpc) is 3.36. The number of likely N-dealkylation sites (tertiary alicyclic amines) is 1. The summed E-state index contributed by atoms with van der Waals surface area (Å²) in [5.74, 6) is 0.811. The van der Waals surface area contributed by atoms with Gasteiger partial charge in [0, 0.05) is 19.6 Å². The SMILES string of the molecule is CCn1c(=O)c2ccccc2n2c(CN3C[C@@H]4CCC[C@@]4(C(=O)O)C3)nnc12.Cl. The maximum absolute atomic E-state index is 12.8. The van der Waals surface area contributed by atoms with Gasteiger partial charge in [-0.1, -0.05) is 18.6 Å². The maximum Gasteiger partial charge on any atom is 0.311 e. The summed E-state index contributed by atoms with van der Waals surface area (Å²) < 4.78 is 3.58. The van der Waals surface area contributed by atoms with Crippen LogP contribution in [0.1, 0.15) is 32.0 Å². The van der Waals surface area contributed by atoms with E-state index in [0.29, 0.717) is 30.8 Å². The highest BCUT2D eigenvalue weighted by atomic mass is 35.5. The molecule has 29 heavy (non-hydrogen) atoms. The Morgan fingerprint density at radius 1 is 1.31 bits per heavy atom. The molecule has 2 aromatic heterocycles. The van der Waals surface area contributed by atoms with Crippen LogP contribution >= 0.6 is 12.4 Å². The van der Waals surface area contributed by atoms with Crippen molar-refractivity contribution in [2.24, 2.45) is 11.3 Å². The van der Waals surface area contributed by atoms with Gasteiger partial charge in [0.2, 0.25) is 5.78 Å². The number of aryl methyl sites for hydroxylation is 1. The van der Waals surface area contributed by atoms with E-state index in [1.807, 2.05) is 35.6 Å². The molecule has 0 radical (unpaired) electrons. The Labute approximate surface area is 173 Å². The molecule has 8 nitrogen and oxygen atoms in total. The molecule has 0 spiro atoms. The lowest BCUT2D eigenvalue weighted by Crippen LogP contribution is -2.35. The molecule has 9 heteroatoms. The van der Waals surface area contributed by atoms with Crippen molar-refractivity contribution in [3.63, 3.8) is 0 Å². The highest BCUT2D eigenvalue weighted by Crippen LogP contribution is 2.49. The molecular formula is C20H24ClN5O3. The van der Waals surface area contributed by atoms with Crippen LogP contribution in [-0.2, 0) is 17.9 Å². The van der Waals surface area contributed by atoms with Crippen LogP contribution in [-0.4, -0.2) is 48.2 Å². The number of benzene rings is 1. The van der Waals surface area contributed by atoms with Crippen molar-refractivity contribution in [2.45, 2.75) is 39.3 Å². The fourth-order valence-electron chi connectivity index (χ4n) is 5.27. The molecule has 1 N–H and O–H groups in total. The molecule has 2 fully saturated rings. The van der Waals surface area contributed by atoms with Crippen molar-refractivity contribution in [2.75, 3.05) is 13.1 Å². The van der Waals surface area contributed by atoms with Gasteiger partial charge in [-0.15, -0.1) is 22.6 Å². The highest BCUT2D eigenvalue weighted by molar-refractivity contribution is 5.85. The van der Waals surface area contributed by atoms with Crippen molar-refractivity contribution in [1.82, 2.24) is 24.1 Å². The fourth-order valence-corrected chi connectivity index (χ4v) is 5.27. The van der Waals surface area contributed by atoms with Crippen molar-refractivity contribution in [3.8, 4) is 0 Å². The summed E-state index contributed by atoms with van der Waals surface area (Å²) >= 11 is 0. The van der Waals surface area contributed by atoms with Crippen LogP contribution in [0.5, 0.6) is 0 Å². The summed E-state index contributed by atoms with van der Waals surface area (Å²) in [6.07, 6.45) is 2.72. The molecular weight excluding hydrogens is 394 g/mol. The largest absolute Gasteiger partial charge is 0.481 e. The van der Waals surface area contributed by atoms with Crippen molar-refractivity contribution >= 4 is 35.1 Å². The normalized spacial score (nSPS) is 24.1. The number of halogens is 1. The summed E-state index contributed by atoms with van der Waals surface area (Å²) in [6, 6.07) is 7.50. The second kappa shape index (κ2) is 7.11. The lowest BCUT2D eigenvalue weighted by Gasteiger charge is -2.23. The number of aliphatic carboxylic acids is 1. The standard InChI is InChI=1S/C20H23N5O3.ClH/c1-2-24-17(26)14-7-3-4-8-15(14)25-16(21-22-19(24)25)11-23-10-13-6-5-9-20(13,12-23)18(27)28;/h3-4,7-8,13H,2,5-6,9-12H2,1H3,(H,27,28);1H/t13-,20+;/m0./s1. The minimum atomic E-state index is -0.672. The average molecular weight is 418 g/mol. The van der Waals surface area contributed by atoms with Gasteiger partial charge < -0.3 is 5.11 Å². The molecule has 3 heterocycles. The Morgan fingerprint density at radius 3 is 2.83 bits per heavy atom. The molecule has 0 unspecified atom stereocenters. The summed E-state index contributed by atoms with van der Waals surface area (Å²) in [4.78, 5) is 26.9. The lowest BCUT2D eigenvalue weighted by molar-refractivity contribution is -0.149. The van der Waals surface area contributed by atoms with Crippen LogP contribution in [0.25, 0.3) is 16.7 Å². The zero-order chi connectivity index (χ0) is 19.5. The van der Waals surface area contributed by atoms with E-state index < -0.39 is 11.4 Å². The van der Waals surface area contributed by atoms with E-state index in [-0.39, 0.29) is 23.9 Å². The van der Waals surface area contributed by atoms with Crippen molar-refractivity contribution in [1.29, 1.82) is 0 Å². The topological polar surface area (TPSA) is 92.7 Å². The summed E-state index contributed by atoms with van der Waals surface area (Å²) in [7, 11) is 0. The zero-order valence-corrected chi connectivity index (χ0v) is 17.1. The van der Waals surface area contributed by atoms with E-state index in [1.165, 1.54) is 0 Å². The highest BCUT2D eigenvalue weighted by Gasteiger charge is 2.54. The predicted molar refractivity (Wildman–Crippen MR) is 110 cm³/mol. The van der Waals surface area contributed by atoms with E-state index >= 15 is 0 Å². The maximum atomic E-state index is 12.8. The Balaban J connectivity index is 0.00000205. The third kappa shape index (κ3) is 2.77. The molecule has 0 amide bonds. The number of nitrogens with zero attached hydrogens (tertiary/aromatic N) is 5. The van der Waals surface area contributed by atoms with Gasteiger partial charge in [-0.25, -0.2) is 0 Å². The molecule has 1 aliphatic heterocycles. The molecule has 2 aliphatic rings. The predicted octanol–water partition coefficient (Wildman–Crippen LogP) is 2.17. The number of carboxylic acid groups (broad SMARTS) is 1. The second-order valence-corrected chi connectivity index (χ2v) is 8.04. The Kier molecular flexibility index (Phi) is 4.86. The van der Waals surface area contributed by atoms with Gasteiger partial charge in [0.25, 0.3) is 5.56 Å². The summed E-state index contributed by atoms with van der Waals surface area (Å²) in [5.41, 5.74) is 0.110. The first kappa shape index (κ1) is 19.8. The van der Waals surface area contributed by atoms with Gasteiger partial charge in [-0.05, 0) is 37.8 Å². The lowest BCUT2D eigenvalue weighted by atomic mass is 9.81. The van der Waals surface area contributed by atoms with Gasteiger partial charge in [0.1, 0.15) is 0 Å². The minimum absolute atomic E-state index is 0. The minimum Gasteiger partial charge on any atom is -0.481 e. The number of hydrogen-bond donors (Lipinski definition) is 1. The van der Waals surface area contributed by atoms with E-state index in [4.69, 9.17) is 0 Å². The van der Waals surface area contributed by atoms with Crippen molar-refractivity contribution in [3.05, 3.63) is 40.4 Å². The van der Waals surface area contributed by atoms with E-state index in [0.717, 1.165) is 37.1 Å². The van der Waals surface area contributed by atoms with Crippen LogP contribution in [0.3, 0.4) is 0 Å². The number of carboxylic acids is 1. The molecule has 5 rings (SSSR count). The monoisotopic (exact) mass is 417 g/mol. The fraction of sp³-hybridized carbons (Fsp3) is 0.500. The number of rotatable bonds is 4. The number of para-hydroxylation sites is 1. The third-order valence-corrected chi connectivity index (χ3v) is 6.62. The summed E-state index contributed by atoms with van der Waals surface area (Å²) in [6.45, 7) is 4.28.